The van der Waals surface area contributed by atoms with Crippen molar-refractivity contribution in [1.29, 1.82) is 0 Å². The minimum atomic E-state index is -0.391. The molecule has 0 spiro atoms. The van der Waals surface area contributed by atoms with Gasteiger partial charge < -0.3 is 9.13 Å². The van der Waals surface area contributed by atoms with Crippen molar-refractivity contribution in [2.45, 2.75) is 19.3 Å². The molecule has 0 radical (unpaired) electrons. The molecule has 60 heavy (non-hydrogen) atoms. The highest BCUT2D eigenvalue weighted by molar-refractivity contribution is 7.26. The molecule has 9 aromatic carbocycles. The Morgan fingerprint density at radius 1 is 0.417 bits per heavy atom. The largest absolute Gasteiger partial charge is 0.309 e. The van der Waals surface area contributed by atoms with Crippen LogP contribution < -0.4 is 0 Å². The lowest BCUT2D eigenvalue weighted by Crippen LogP contribution is -2.15. The molecule has 3 aromatic heterocycles. The smallest absolute Gasteiger partial charge is 0.0629 e. The van der Waals surface area contributed by atoms with Crippen molar-refractivity contribution in [3.8, 4) is 44.8 Å². The second-order valence-electron chi connectivity index (χ2n) is 16.5. The van der Waals surface area contributed by atoms with Gasteiger partial charge in [-0.1, -0.05) is 135 Å². The van der Waals surface area contributed by atoms with Crippen LogP contribution in [0.2, 0.25) is 0 Å². The van der Waals surface area contributed by atoms with Crippen molar-refractivity contribution in [3.63, 3.8) is 0 Å². The summed E-state index contributed by atoms with van der Waals surface area (Å²) < 4.78 is 49.5. The molecule has 2 nitrogen and oxygen atoms in total. The number of aromatic nitrogens is 2. The molecular weight excluding hydrogens is 745 g/mol. The zero-order valence-corrected chi connectivity index (χ0v) is 33.7. The zero-order valence-electron chi connectivity index (χ0n) is 37.9. The van der Waals surface area contributed by atoms with Crippen molar-refractivity contribution in [1.82, 2.24) is 9.13 Å². The quantitative estimate of drug-likeness (QED) is 0.168. The number of benzene rings is 9. The van der Waals surface area contributed by atoms with Crippen LogP contribution in [0.25, 0.3) is 109 Å². The third-order valence-electron chi connectivity index (χ3n) is 13.0. The van der Waals surface area contributed by atoms with E-state index in [1.54, 1.807) is 11.3 Å². The summed E-state index contributed by atoms with van der Waals surface area (Å²) in [6.07, 6.45) is 0. The average molecular weight is 788 g/mol. The maximum Gasteiger partial charge on any atom is 0.0629 e. The molecule has 0 atom stereocenters. The third kappa shape index (κ3) is 4.70. The Hall–Kier alpha value is -7.20. The predicted octanol–water partition coefficient (Wildman–Crippen LogP) is 15.9. The summed E-state index contributed by atoms with van der Waals surface area (Å²) in [4.78, 5) is 0. The summed E-state index contributed by atoms with van der Waals surface area (Å²) in [6, 6.07) is 57.6. The number of hydrogen-bond donors (Lipinski definition) is 0. The number of fused-ring (bicyclic) bond motifs is 12. The van der Waals surface area contributed by atoms with E-state index in [1.165, 1.54) is 44.1 Å². The molecule has 13 rings (SSSR count). The van der Waals surface area contributed by atoms with E-state index >= 15 is 0 Å². The predicted molar refractivity (Wildman–Crippen MR) is 256 cm³/mol. The molecule has 3 heterocycles. The zero-order chi connectivity index (χ0) is 44.0. The monoisotopic (exact) mass is 787 g/mol. The van der Waals surface area contributed by atoms with Gasteiger partial charge in [0.25, 0.3) is 0 Å². The third-order valence-corrected chi connectivity index (χ3v) is 14.1. The summed E-state index contributed by atoms with van der Waals surface area (Å²) in [7, 11) is 0. The molecule has 0 fully saturated rings. The van der Waals surface area contributed by atoms with E-state index in [9.17, 15) is 0 Å². The molecule has 0 aliphatic heterocycles. The van der Waals surface area contributed by atoms with Crippen molar-refractivity contribution in [2.75, 3.05) is 0 Å². The molecular formula is C57H38N2S. The molecule has 0 unspecified atom stereocenters. The van der Waals surface area contributed by atoms with Crippen LogP contribution in [0.1, 0.15) is 31.8 Å². The second-order valence-corrected chi connectivity index (χ2v) is 17.6. The summed E-state index contributed by atoms with van der Waals surface area (Å²) in [5.74, 6) is 0. The molecule has 0 bridgehead atoms. The van der Waals surface area contributed by atoms with Crippen LogP contribution in [0.4, 0.5) is 0 Å². The summed E-state index contributed by atoms with van der Waals surface area (Å²) in [5.41, 5.74) is 15.1. The lowest BCUT2D eigenvalue weighted by molar-refractivity contribution is 0.660. The van der Waals surface area contributed by atoms with Gasteiger partial charge in [0, 0.05) is 58.5 Å². The van der Waals surface area contributed by atoms with Crippen LogP contribution in [0, 0.1) is 0 Å². The van der Waals surface area contributed by atoms with E-state index in [0.29, 0.717) is 5.56 Å². The Morgan fingerprint density at radius 3 is 1.72 bits per heavy atom. The lowest BCUT2D eigenvalue weighted by atomic mass is 9.82. The van der Waals surface area contributed by atoms with Crippen LogP contribution in [0.3, 0.4) is 0 Å². The molecule has 3 heteroatoms. The maximum absolute atomic E-state index is 8.82. The molecule has 1 aliphatic carbocycles. The first-order chi connectivity index (χ1) is 31.6. The van der Waals surface area contributed by atoms with Gasteiger partial charge in [0.2, 0.25) is 0 Å². The van der Waals surface area contributed by atoms with Crippen LogP contribution in [0.15, 0.2) is 194 Å². The van der Waals surface area contributed by atoms with Gasteiger partial charge in [0.15, 0.2) is 0 Å². The fraction of sp³-hybridized carbons (Fsp3) is 0.0526. The van der Waals surface area contributed by atoms with Gasteiger partial charge in [0.05, 0.1) is 28.9 Å². The van der Waals surface area contributed by atoms with Crippen molar-refractivity contribution in [3.05, 3.63) is 205 Å². The SMILES string of the molecule is [2H]c1c([2H])c([2H])c(-c2cccc3sc4ccc(-n5c6ccccc6c6cc(-c7ccc8c(c7)c7ccccc7n8-c7ccc8c(c7)C(C)(C)c7ccccc7-8)ccc65)cc4c23)c([2H])c1[2H]. The highest BCUT2D eigenvalue weighted by atomic mass is 32.1. The lowest BCUT2D eigenvalue weighted by Gasteiger charge is -2.22. The average Bonchev–Trinajstić information content (AvgIpc) is 4.05. The molecule has 1 aliphatic rings. The first kappa shape index (κ1) is 29.1. The molecule has 0 saturated heterocycles. The van der Waals surface area contributed by atoms with Crippen molar-refractivity contribution in [2.24, 2.45) is 0 Å². The topological polar surface area (TPSA) is 9.86 Å². The molecule has 282 valence electrons. The van der Waals surface area contributed by atoms with Gasteiger partial charge in [-0.25, -0.2) is 0 Å². The summed E-state index contributed by atoms with van der Waals surface area (Å²) >= 11 is 1.65. The number of thiophene rings is 1. The normalized spacial score (nSPS) is 14.5. The number of rotatable bonds is 4. The minimum absolute atomic E-state index is 0.0956. The van der Waals surface area contributed by atoms with E-state index < -0.39 is 6.04 Å². The van der Waals surface area contributed by atoms with E-state index in [0.717, 1.165) is 64.5 Å². The van der Waals surface area contributed by atoms with Gasteiger partial charge in [-0.15, -0.1) is 11.3 Å². The summed E-state index contributed by atoms with van der Waals surface area (Å²) in [6.45, 7) is 4.67. The van der Waals surface area contributed by atoms with Gasteiger partial charge in [-0.2, -0.15) is 0 Å². The molecule has 0 amide bonds. The minimum Gasteiger partial charge on any atom is -0.309 e. The van der Waals surface area contributed by atoms with Crippen molar-refractivity contribution < 1.29 is 6.85 Å². The molecule has 12 aromatic rings. The molecule has 0 N–H and O–H groups in total. The van der Waals surface area contributed by atoms with Crippen LogP contribution in [-0.2, 0) is 5.41 Å². The fourth-order valence-corrected chi connectivity index (χ4v) is 11.4. The standard InChI is InChI=1S/C57H38N2S/c1-57(2)48-19-9-6-15-41(48)42-27-25-39(34-49(42)57)59-51-21-11-8-17-44(51)46-32-37(24-29-53(46)59)36-23-28-52-45(31-36)43-16-7-10-20-50(43)58(52)38-26-30-54-47(33-38)56-40(18-12-22-55(56)60-54)35-13-4-3-5-14-35/h3-34H,1-2H3/i3D,4D,5D,13D,14D. The van der Waals surface area contributed by atoms with Gasteiger partial charge in [-0.05, 0) is 117 Å². The Labute approximate surface area is 358 Å². The number of nitrogens with zero attached hydrogens (tertiary/aromatic N) is 2. The van der Waals surface area contributed by atoms with Gasteiger partial charge in [-0.3, -0.25) is 0 Å². The van der Waals surface area contributed by atoms with Crippen LogP contribution >= 0.6 is 11.3 Å². The number of hydrogen-bond acceptors (Lipinski definition) is 1. The van der Waals surface area contributed by atoms with Crippen LogP contribution in [-0.4, -0.2) is 9.13 Å². The van der Waals surface area contributed by atoms with Crippen molar-refractivity contribution >= 4 is 75.1 Å². The first-order valence-corrected chi connectivity index (χ1v) is 21.2. The van der Waals surface area contributed by atoms with E-state index in [2.05, 4.69) is 169 Å². The van der Waals surface area contributed by atoms with E-state index in [1.807, 2.05) is 18.2 Å². The van der Waals surface area contributed by atoms with Crippen LogP contribution in [0.5, 0.6) is 0 Å². The maximum atomic E-state index is 8.82. The summed E-state index contributed by atoms with van der Waals surface area (Å²) in [5, 5.41) is 6.60. The fourth-order valence-electron chi connectivity index (χ4n) is 10.2. The first-order valence-electron chi connectivity index (χ1n) is 22.9. The highest BCUT2D eigenvalue weighted by Gasteiger charge is 2.35. The Bertz CT molecular complexity index is 4030. The van der Waals surface area contributed by atoms with Gasteiger partial charge >= 0.3 is 0 Å². The Morgan fingerprint density at radius 2 is 1.00 bits per heavy atom. The Kier molecular flexibility index (Phi) is 6.01. The molecule has 0 saturated carbocycles. The Balaban J connectivity index is 0.954. The van der Waals surface area contributed by atoms with Gasteiger partial charge in [0.1, 0.15) is 0 Å². The number of para-hydroxylation sites is 2. The second kappa shape index (κ2) is 12.4. The highest BCUT2D eigenvalue weighted by Crippen LogP contribution is 2.50. The van der Waals surface area contributed by atoms with E-state index in [-0.39, 0.29) is 35.1 Å². The van der Waals surface area contributed by atoms with E-state index in [4.69, 9.17) is 6.85 Å².